The Kier molecular flexibility index (Phi) is 3.12. The van der Waals surface area contributed by atoms with E-state index in [0.717, 1.165) is 22.4 Å². The number of imidazole rings is 1. The Labute approximate surface area is 120 Å². The molecular formula is C14H12ClN5. The van der Waals surface area contributed by atoms with Crippen molar-refractivity contribution in [1.29, 1.82) is 0 Å². The van der Waals surface area contributed by atoms with Gasteiger partial charge in [-0.1, -0.05) is 17.7 Å². The standard InChI is InChI=1S/C14H12ClN5/c1-8-6-9(15)2-3-10(8)12-11(7-19-14(16)20-12)13-17-4-5-18-13/h2-7H,1H3,(H,17,18)(H2,16,19,20). The third-order valence-electron chi connectivity index (χ3n) is 3.00. The Balaban J connectivity index is 2.24. The molecule has 6 heteroatoms. The number of nitrogens with two attached hydrogens (primary N) is 1. The minimum absolute atomic E-state index is 0.227. The van der Waals surface area contributed by atoms with Gasteiger partial charge in [-0.3, -0.25) is 0 Å². The predicted molar refractivity (Wildman–Crippen MR) is 79.2 cm³/mol. The SMILES string of the molecule is Cc1cc(Cl)ccc1-c1nc(N)ncc1-c1ncc[nH]1. The van der Waals surface area contributed by atoms with Gasteiger partial charge in [-0.2, -0.15) is 0 Å². The second-order valence-electron chi connectivity index (χ2n) is 4.39. The fourth-order valence-corrected chi connectivity index (χ4v) is 2.31. The number of H-pyrrole nitrogens is 1. The number of nitrogen functional groups attached to an aromatic ring is 1. The highest BCUT2D eigenvalue weighted by Crippen LogP contribution is 2.31. The van der Waals surface area contributed by atoms with Gasteiger partial charge in [-0.05, 0) is 24.6 Å². The van der Waals surface area contributed by atoms with Crippen molar-refractivity contribution in [3.05, 3.63) is 47.4 Å². The van der Waals surface area contributed by atoms with Crippen LogP contribution in [0.4, 0.5) is 5.95 Å². The highest BCUT2D eigenvalue weighted by molar-refractivity contribution is 6.30. The van der Waals surface area contributed by atoms with Crippen molar-refractivity contribution in [3.8, 4) is 22.6 Å². The van der Waals surface area contributed by atoms with Crippen LogP contribution in [-0.2, 0) is 0 Å². The Hall–Kier alpha value is -2.40. The highest BCUT2D eigenvalue weighted by atomic mass is 35.5. The maximum absolute atomic E-state index is 6.00. The van der Waals surface area contributed by atoms with Crippen LogP contribution in [0.1, 0.15) is 5.56 Å². The summed E-state index contributed by atoms with van der Waals surface area (Å²) in [5.74, 6) is 0.930. The van der Waals surface area contributed by atoms with Gasteiger partial charge in [0.15, 0.2) is 0 Å². The molecule has 0 spiro atoms. The summed E-state index contributed by atoms with van der Waals surface area (Å²) in [4.78, 5) is 15.7. The summed E-state index contributed by atoms with van der Waals surface area (Å²) in [7, 11) is 0. The first-order chi connectivity index (χ1) is 9.65. The number of hydrogen-bond donors (Lipinski definition) is 2. The number of aromatic amines is 1. The Morgan fingerprint density at radius 2 is 2.05 bits per heavy atom. The highest BCUT2D eigenvalue weighted by Gasteiger charge is 2.14. The topological polar surface area (TPSA) is 80.5 Å². The molecule has 0 fully saturated rings. The van der Waals surface area contributed by atoms with Crippen molar-refractivity contribution in [2.24, 2.45) is 0 Å². The molecule has 0 unspecified atom stereocenters. The van der Waals surface area contributed by atoms with Crippen LogP contribution >= 0.6 is 11.6 Å². The van der Waals surface area contributed by atoms with Gasteiger partial charge in [-0.25, -0.2) is 15.0 Å². The molecule has 0 aliphatic rings. The number of aryl methyl sites for hydroxylation is 1. The molecule has 2 heterocycles. The molecule has 3 rings (SSSR count). The molecule has 0 aliphatic carbocycles. The van der Waals surface area contributed by atoms with Gasteiger partial charge in [-0.15, -0.1) is 0 Å². The average Bonchev–Trinajstić information content (AvgIpc) is 2.92. The molecule has 0 amide bonds. The number of nitrogens with zero attached hydrogens (tertiary/aromatic N) is 3. The zero-order valence-corrected chi connectivity index (χ0v) is 11.5. The summed E-state index contributed by atoms with van der Waals surface area (Å²) in [5, 5.41) is 0.688. The number of rotatable bonds is 2. The van der Waals surface area contributed by atoms with Crippen LogP contribution in [0, 0.1) is 6.92 Å². The van der Waals surface area contributed by atoms with Gasteiger partial charge in [0, 0.05) is 29.2 Å². The molecule has 0 radical (unpaired) electrons. The fraction of sp³-hybridized carbons (Fsp3) is 0.0714. The van der Waals surface area contributed by atoms with E-state index in [-0.39, 0.29) is 5.95 Å². The Morgan fingerprint density at radius 3 is 2.75 bits per heavy atom. The van der Waals surface area contributed by atoms with Gasteiger partial charge >= 0.3 is 0 Å². The molecule has 3 N–H and O–H groups in total. The van der Waals surface area contributed by atoms with Gasteiger partial charge in [0.05, 0.1) is 11.3 Å². The minimum atomic E-state index is 0.227. The van der Waals surface area contributed by atoms with Gasteiger partial charge in [0.1, 0.15) is 5.82 Å². The maximum Gasteiger partial charge on any atom is 0.220 e. The summed E-state index contributed by atoms with van der Waals surface area (Å²) in [6.07, 6.45) is 5.11. The summed E-state index contributed by atoms with van der Waals surface area (Å²) in [6.45, 7) is 1.98. The van der Waals surface area contributed by atoms with Crippen LogP contribution in [0.25, 0.3) is 22.6 Å². The molecule has 0 atom stereocenters. The zero-order valence-electron chi connectivity index (χ0n) is 10.8. The number of halogens is 1. The summed E-state index contributed by atoms with van der Waals surface area (Å²) in [6, 6.07) is 5.64. The van der Waals surface area contributed by atoms with E-state index in [0.29, 0.717) is 10.8 Å². The van der Waals surface area contributed by atoms with Crippen LogP contribution in [0.3, 0.4) is 0 Å². The Morgan fingerprint density at radius 1 is 1.20 bits per heavy atom. The van der Waals surface area contributed by atoms with Crippen molar-refractivity contribution >= 4 is 17.5 Å². The lowest BCUT2D eigenvalue weighted by atomic mass is 10.0. The lowest BCUT2D eigenvalue weighted by molar-refractivity contribution is 1.17. The third kappa shape index (κ3) is 2.23. The molecular weight excluding hydrogens is 274 g/mol. The predicted octanol–water partition coefficient (Wildman–Crippen LogP) is 3.08. The molecule has 0 saturated heterocycles. The maximum atomic E-state index is 6.00. The molecule has 0 saturated carbocycles. The van der Waals surface area contributed by atoms with Crippen LogP contribution in [0.5, 0.6) is 0 Å². The molecule has 1 aromatic carbocycles. The minimum Gasteiger partial charge on any atom is -0.368 e. The number of aromatic nitrogens is 4. The summed E-state index contributed by atoms with van der Waals surface area (Å²) >= 11 is 6.00. The van der Waals surface area contributed by atoms with Gasteiger partial charge < -0.3 is 10.7 Å². The van der Waals surface area contributed by atoms with E-state index in [9.17, 15) is 0 Å². The molecule has 20 heavy (non-hydrogen) atoms. The van der Waals surface area contributed by atoms with Crippen LogP contribution in [0.2, 0.25) is 5.02 Å². The van der Waals surface area contributed by atoms with Crippen molar-refractivity contribution < 1.29 is 0 Å². The van der Waals surface area contributed by atoms with Crippen LogP contribution in [0.15, 0.2) is 36.8 Å². The lowest BCUT2D eigenvalue weighted by Gasteiger charge is -2.10. The number of nitrogens with one attached hydrogen (secondary N) is 1. The van der Waals surface area contributed by atoms with E-state index in [1.807, 2.05) is 25.1 Å². The smallest absolute Gasteiger partial charge is 0.220 e. The van der Waals surface area contributed by atoms with E-state index >= 15 is 0 Å². The zero-order chi connectivity index (χ0) is 14.1. The summed E-state index contributed by atoms with van der Waals surface area (Å²) in [5.41, 5.74) is 9.23. The largest absolute Gasteiger partial charge is 0.368 e. The molecule has 2 aromatic heterocycles. The third-order valence-corrected chi connectivity index (χ3v) is 3.24. The first-order valence-corrected chi connectivity index (χ1v) is 6.42. The Bertz CT molecular complexity index is 752. The number of hydrogen-bond acceptors (Lipinski definition) is 4. The number of benzene rings is 1. The van der Waals surface area contributed by atoms with E-state index in [1.54, 1.807) is 18.6 Å². The monoisotopic (exact) mass is 285 g/mol. The first-order valence-electron chi connectivity index (χ1n) is 6.04. The normalized spacial score (nSPS) is 10.7. The number of anilines is 1. The van der Waals surface area contributed by atoms with Crippen LogP contribution in [-0.4, -0.2) is 19.9 Å². The summed E-state index contributed by atoms with van der Waals surface area (Å²) < 4.78 is 0. The van der Waals surface area contributed by atoms with Crippen molar-refractivity contribution in [2.75, 3.05) is 5.73 Å². The fourth-order valence-electron chi connectivity index (χ4n) is 2.08. The molecule has 0 aliphatic heterocycles. The average molecular weight is 286 g/mol. The van der Waals surface area contributed by atoms with E-state index in [2.05, 4.69) is 19.9 Å². The van der Waals surface area contributed by atoms with E-state index in [4.69, 9.17) is 17.3 Å². The van der Waals surface area contributed by atoms with Gasteiger partial charge in [0.25, 0.3) is 0 Å². The van der Waals surface area contributed by atoms with Crippen molar-refractivity contribution in [2.45, 2.75) is 6.92 Å². The van der Waals surface area contributed by atoms with Gasteiger partial charge in [0.2, 0.25) is 5.95 Å². The molecule has 0 bridgehead atoms. The molecule has 3 aromatic rings. The van der Waals surface area contributed by atoms with E-state index < -0.39 is 0 Å². The van der Waals surface area contributed by atoms with Crippen molar-refractivity contribution in [1.82, 2.24) is 19.9 Å². The molecule has 5 nitrogen and oxygen atoms in total. The van der Waals surface area contributed by atoms with E-state index in [1.165, 1.54) is 0 Å². The second-order valence-corrected chi connectivity index (χ2v) is 4.82. The van der Waals surface area contributed by atoms with Crippen molar-refractivity contribution in [3.63, 3.8) is 0 Å². The second kappa shape index (κ2) is 4.94. The first kappa shape index (κ1) is 12.6. The van der Waals surface area contributed by atoms with Crippen LogP contribution < -0.4 is 5.73 Å². The lowest BCUT2D eigenvalue weighted by Crippen LogP contribution is -2.00. The molecule has 100 valence electrons. The quantitative estimate of drug-likeness (QED) is 0.758.